The van der Waals surface area contributed by atoms with Crippen LogP contribution in [-0.4, -0.2) is 19.2 Å². The van der Waals surface area contributed by atoms with Crippen molar-refractivity contribution in [1.82, 2.24) is 0 Å². The molecule has 0 aromatic heterocycles. The van der Waals surface area contributed by atoms with E-state index < -0.39 is 0 Å². The molecular weight excluding hydrogens is 216 g/mol. The highest BCUT2D eigenvalue weighted by Crippen LogP contribution is 2.00. The number of carbonyl (C=O) groups is 1. The smallest absolute Gasteiger partial charge is 0.303 e. The van der Waals surface area contributed by atoms with Crippen LogP contribution in [0.3, 0.4) is 0 Å². The lowest BCUT2D eigenvalue weighted by Gasteiger charge is -2.01. The summed E-state index contributed by atoms with van der Waals surface area (Å²) in [6.07, 6.45) is 0.647. The second kappa shape index (κ2) is 8.37. The van der Waals surface area contributed by atoms with Gasteiger partial charge in [-0.1, -0.05) is 42.2 Å². The topological polar surface area (TPSA) is 35.5 Å². The van der Waals surface area contributed by atoms with Crippen molar-refractivity contribution >= 4 is 5.97 Å². The van der Waals surface area contributed by atoms with Gasteiger partial charge in [-0.05, 0) is 5.56 Å². The van der Waals surface area contributed by atoms with Gasteiger partial charge in [-0.3, -0.25) is 4.79 Å². The van der Waals surface area contributed by atoms with E-state index in [0.29, 0.717) is 19.6 Å². The minimum absolute atomic E-state index is 0.161. The normalized spacial score (nSPS) is 9.24. The number of carbonyl (C=O) groups excluding carboxylic acids is 1. The number of rotatable bonds is 5. The molecule has 1 rings (SSSR count). The van der Waals surface area contributed by atoms with Crippen molar-refractivity contribution in [3.05, 3.63) is 35.9 Å². The lowest BCUT2D eigenvalue weighted by atomic mass is 10.2. The van der Waals surface area contributed by atoms with Crippen LogP contribution < -0.4 is 0 Å². The van der Waals surface area contributed by atoms with E-state index in [9.17, 15) is 4.79 Å². The molecule has 0 amide bonds. The van der Waals surface area contributed by atoms with Crippen LogP contribution in [0.15, 0.2) is 30.3 Å². The number of hydrogen-bond acceptors (Lipinski definition) is 3. The molecule has 0 bridgehead atoms. The third kappa shape index (κ3) is 7.15. The van der Waals surface area contributed by atoms with E-state index in [1.807, 2.05) is 30.3 Å². The predicted octanol–water partition coefficient (Wildman–Crippen LogP) is 2.16. The molecule has 0 N–H and O–H groups in total. The Balaban J connectivity index is 2.03. The molecule has 0 spiro atoms. The molecule has 0 saturated carbocycles. The third-order valence-corrected chi connectivity index (χ3v) is 1.96. The molecule has 0 unspecified atom stereocenters. The SMILES string of the molecule is CC(=O)OCC#CCCOCc1ccccc1. The molecule has 1 aromatic rings. The van der Waals surface area contributed by atoms with Crippen LogP contribution in [0.5, 0.6) is 0 Å². The second-order valence-electron chi connectivity index (χ2n) is 3.42. The van der Waals surface area contributed by atoms with Gasteiger partial charge in [0, 0.05) is 13.3 Å². The fourth-order valence-electron chi connectivity index (χ4n) is 1.16. The predicted molar refractivity (Wildman–Crippen MR) is 65.1 cm³/mol. The van der Waals surface area contributed by atoms with Crippen molar-refractivity contribution in [3.8, 4) is 11.8 Å². The molecule has 0 saturated heterocycles. The maximum atomic E-state index is 10.4. The Hall–Kier alpha value is -1.79. The number of esters is 1. The summed E-state index contributed by atoms with van der Waals surface area (Å²) < 4.78 is 10.1. The van der Waals surface area contributed by atoms with Crippen LogP contribution in [0.2, 0.25) is 0 Å². The minimum atomic E-state index is -0.306. The van der Waals surface area contributed by atoms with E-state index in [2.05, 4.69) is 16.6 Å². The molecule has 3 nitrogen and oxygen atoms in total. The summed E-state index contributed by atoms with van der Waals surface area (Å²) >= 11 is 0. The van der Waals surface area contributed by atoms with Crippen LogP contribution in [-0.2, 0) is 20.9 Å². The summed E-state index contributed by atoms with van der Waals surface area (Å²) in [5.41, 5.74) is 1.15. The number of benzene rings is 1. The maximum absolute atomic E-state index is 10.4. The van der Waals surface area contributed by atoms with Crippen LogP contribution in [0.1, 0.15) is 18.9 Å². The van der Waals surface area contributed by atoms with Gasteiger partial charge in [0.25, 0.3) is 0 Å². The molecule has 0 aliphatic carbocycles. The lowest BCUT2D eigenvalue weighted by molar-refractivity contribution is -0.139. The Labute approximate surface area is 102 Å². The van der Waals surface area contributed by atoms with E-state index in [1.54, 1.807) is 0 Å². The van der Waals surface area contributed by atoms with Gasteiger partial charge in [0.1, 0.15) is 0 Å². The zero-order chi connectivity index (χ0) is 12.3. The molecule has 0 atom stereocenters. The highest BCUT2D eigenvalue weighted by molar-refractivity contribution is 5.66. The van der Waals surface area contributed by atoms with Gasteiger partial charge < -0.3 is 9.47 Å². The van der Waals surface area contributed by atoms with E-state index in [1.165, 1.54) is 6.92 Å². The van der Waals surface area contributed by atoms with Crippen LogP contribution in [0, 0.1) is 11.8 Å². The molecule has 3 heteroatoms. The average Bonchev–Trinajstić information content (AvgIpc) is 2.33. The molecule has 0 fully saturated rings. The molecule has 0 aliphatic rings. The summed E-state index contributed by atoms with van der Waals surface area (Å²) in [6.45, 7) is 2.72. The first-order valence-electron chi connectivity index (χ1n) is 5.50. The van der Waals surface area contributed by atoms with Crippen molar-refractivity contribution < 1.29 is 14.3 Å². The molecule has 0 radical (unpaired) electrons. The molecule has 1 aromatic carbocycles. The first-order chi connectivity index (χ1) is 8.29. The third-order valence-electron chi connectivity index (χ3n) is 1.96. The van der Waals surface area contributed by atoms with Gasteiger partial charge in [0.05, 0.1) is 13.2 Å². The molecular formula is C14H16O3. The fourth-order valence-corrected chi connectivity index (χ4v) is 1.16. The highest BCUT2D eigenvalue weighted by Gasteiger charge is 1.90. The summed E-state index contributed by atoms with van der Waals surface area (Å²) in [5.74, 6) is 5.31. The van der Waals surface area contributed by atoms with Crippen molar-refractivity contribution in [2.45, 2.75) is 20.0 Å². The fraction of sp³-hybridized carbons (Fsp3) is 0.357. The maximum Gasteiger partial charge on any atom is 0.303 e. The molecule has 0 heterocycles. The Morgan fingerprint density at radius 3 is 2.71 bits per heavy atom. The summed E-state index contributed by atoms with van der Waals surface area (Å²) in [4.78, 5) is 10.4. The summed E-state index contributed by atoms with van der Waals surface area (Å²) in [7, 11) is 0. The average molecular weight is 232 g/mol. The zero-order valence-corrected chi connectivity index (χ0v) is 9.94. The van der Waals surface area contributed by atoms with Crippen molar-refractivity contribution in [1.29, 1.82) is 0 Å². The van der Waals surface area contributed by atoms with Gasteiger partial charge >= 0.3 is 5.97 Å². The van der Waals surface area contributed by atoms with E-state index in [0.717, 1.165) is 5.56 Å². The minimum Gasteiger partial charge on any atom is -0.453 e. The Morgan fingerprint density at radius 1 is 1.24 bits per heavy atom. The molecule has 0 aliphatic heterocycles. The lowest BCUT2D eigenvalue weighted by Crippen LogP contribution is -1.98. The Kier molecular flexibility index (Phi) is 6.54. The largest absolute Gasteiger partial charge is 0.453 e. The quantitative estimate of drug-likeness (QED) is 0.443. The number of ether oxygens (including phenoxy) is 2. The van der Waals surface area contributed by atoms with Gasteiger partial charge in [-0.15, -0.1) is 0 Å². The summed E-state index contributed by atoms with van der Waals surface area (Å²) in [5, 5.41) is 0. The second-order valence-corrected chi connectivity index (χ2v) is 3.42. The van der Waals surface area contributed by atoms with E-state index in [-0.39, 0.29) is 12.6 Å². The van der Waals surface area contributed by atoms with Gasteiger partial charge in [0.15, 0.2) is 6.61 Å². The van der Waals surface area contributed by atoms with Crippen LogP contribution in [0.4, 0.5) is 0 Å². The zero-order valence-electron chi connectivity index (χ0n) is 9.94. The number of hydrogen-bond donors (Lipinski definition) is 0. The monoisotopic (exact) mass is 232 g/mol. The standard InChI is InChI=1S/C14H16O3/c1-13(15)17-11-7-3-6-10-16-12-14-8-4-2-5-9-14/h2,4-5,8-9H,6,10-12H2,1H3. The van der Waals surface area contributed by atoms with Gasteiger partial charge in [-0.2, -0.15) is 0 Å². The van der Waals surface area contributed by atoms with Crippen molar-refractivity contribution in [3.63, 3.8) is 0 Å². The van der Waals surface area contributed by atoms with Crippen molar-refractivity contribution in [2.75, 3.05) is 13.2 Å². The Bertz CT molecular complexity index is 387. The summed E-state index contributed by atoms with van der Waals surface area (Å²) in [6, 6.07) is 9.98. The first kappa shape index (κ1) is 13.3. The molecule has 90 valence electrons. The van der Waals surface area contributed by atoms with Crippen LogP contribution >= 0.6 is 0 Å². The highest BCUT2D eigenvalue weighted by atomic mass is 16.5. The van der Waals surface area contributed by atoms with Gasteiger partial charge in [0.2, 0.25) is 0 Å². The Morgan fingerprint density at radius 2 is 2.00 bits per heavy atom. The first-order valence-corrected chi connectivity index (χ1v) is 5.50. The van der Waals surface area contributed by atoms with Crippen molar-refractivity contribution in [2.24, 2.45) is 0 Å². The van der Waals surface area contributed by atoms with Gasteiger partial charge in [-0.25, -0.2) is 0 Å². The molecule has 17 heavy (non-hydrogen) atoms. The van der Waals surface area contributed by atoms with E-state index in [4.69, 9.17) is 4.74 Å². The van der Waals surface area contributed by atoms with E-state index >= 15 is 0 Å². The van der Waals surface area contributed by atoms with Crippen LogP contribution in [0.25, 0.3) is 0 Å².